The Hall–Kier alpha value is -2.12. The number of hydrogen-bond acceptors (Lipinski definition) is 5. The molecule has 2 aromatic heterocycles. The molecule has 0 atom stereocenters. The number of pyridine rings is 2. The minimum absolute atomic E-state index is 0.0563. The van der Waals surface area contributed by atoms with E-state index >= 15 is 0 Å². The first-order valence-corrected chi connectivity index (χ1v) is 10.6. The molecular formula is C18H12Cl3N3O2S. The van der Waals surface area contributed by atoms with E-state index in [4.69, 9.17) is 39.6 Å². The molecule has 0 radical (unpaired) electrons. The van der Waals surface area contributed by atoms with Gasteiger partial charge in [0.15, 0.2) is 0 Å². The van der Waals surface area contributed by atoms with Gasteiger partial charge in [0.05, 0.1) is 15.9 Å². The Morgan fingerprint density at radius 3 is 1.81 bits per heavy atom. The van der Waals surface area contributed by atoms with Crippen molar-refractivity contribution in [2.75, 3.05) is 5.73 Å². The van der Waals surface area contributed by atoms with Crippen LogP contribution in [-0.2, 0) is 9.05 Å². The molecule has 0 saturated heterocycles. The van der Waals surface area contributed by atoms with Gasteiger partial charge < -0.3 is 5.73 Å². The standard InChI is InChI=1S/C9H5Cl2NO2S.C9H7ClN2/c10-9-4-1-6-5-7(15(11,13)14)2-3-8(6)12-9;10-9-4-1-6-5-7(11)2-3-8(6)12-9/h1-5H;1-5H,11H2. The third kappa shape index (κ3) is 4.99. The largest absolute Gasteiger partial charge is 0.399 e. The Balaban J connectivity index is 0.000000159. The summed E-state index contributed by atoms with van der Waals surface area (Å²) in [4.78, 5) is 8.21. The zero-order chi connectivity index (χ0) is 19.6. The molecule has 4 aromatic rings. The summed E-state index contributed by atoms with van der Waals surface area (Å²) < 4.78 is 22.1. The fraction of sp³-hybridized carbons (Fsp3) is 0. The molecule has 0 saturated carbocycles. The maximum Gasteiger partial charge on any atom is 0.261 e. The summed E-state index contributed by atoms with van der Waals surface area (Å²) in [5.74, 6) is 0. The van der Waals surface area contributed by atoms with Crippen LogP contribution in [0.5, 0.6) is 0 Å². The van der Waals surface area contributed by atoms with Gasteiger partial charge in [0.2, 0.25) is 0 Å². The molecule has 9 heteroatoms. The van der Waals surface area contributed by atoms with Gasteiger partial charge in [0.1, 0.15) is 10.3 Å². The number of anilines is 1. The summed E-state index contributed by atoms with van der Waals surface area (Å²) in [7, 11) is 1.52. The Bertz CT molecular complexity index is 1210. The predicted octanol–water partition coefficient (Wildman–Crippen LogP) is 5.29. The first kappa shape index (κ1) is 19.6. The van der Waals surface area contributed by atoms with Crippen molar-refractivity contribution < 1.29 is 8.42 Å². The smallest absolute Gasteiger partial charge is 0.261 e. The van der Waals surface area contributed by atoms with E-state index in [2.05, 4.69) is 9.97 Å². The molecule has 0 aliphatic rings. The van der Waals surface area contributed by atoms with E-state index < -0.39 is 9.05 Å². The molecule has 138 valence electrons. The second-order valence-corrected chi connectivity index (χ2v) is 8.85. The summed E-state index contributed by atoms with van der Waals surface area (Å²) in [5, 5.41) is 2.57. The van der Waals surface area contributed by atoms with Crippen LogP contribution in [-0.4, -0.2) is 18.4 Å². The van der Waals surface area contributed by atoms with Crippen molar-refractivity contribution in [1.82, 2.24) is 9.97 Å². The average molecular weight is 441 g/mol. The molecule has 4 rings (SSSR count). The second-order valence-electron chi connectivity index (χ2n) is 5.51. The molecular weight excluding hydrogens is 429 g/mol. The van der Waals surface area contributed by atoms with Crippen molar-refractivity contribution in [3.8, 4) is 0 Å². The number of fused-ring (bicyclic) bond motifs is 2. The highest BCUT2D eigenvalue weighted by Gasteiger charge is 2.10. The van der Waals surface area contributed by atoms with Crippen LogP contribution in [0.3, 0.4) is 0 Å². The van der Waals surface area contributed by atoms with Crippen LogP contribution < -0.4 is 5.73 Å². The van der Waals surface area contributed by atoms with Crippen LogP contribution in [0.2, 0.25) is 10.3 Å². The van der Waals surface area contributed by atoms with Gasteiger partial charge in [-0.05, 0) is 60.7 Å². The van der Waals surface area contributed by atoms with Gasteiger partial charge in [0.25, 0.3) is 9.05 Å². The maximum absolute atomic E-state index is 11.1. The van der Waals surface area contributed by atoms with Crippen LogP contribution in [0.15, 0.2) is 65.6 Å². The Morgan fingerprint density at radius 1 is 0.741 bits per heavy atom. The van der Waals surface area contributed by atoms with Crippen molar-refractivity contribution >= 4 is 70.4 Å². The zero-order valence-electron chi connectivity index (χ0n) is 13.6. The molecule has 0 unspecified atom stereocenters. The van der Waals surface area contributed by atoms with Gasteiger partial charge in [-0.15, -0.1) is 0 Å². The van der Waals surface area contributed by atoms with Crippen molar-refractivity contribution in [2.24, 2.45) is 0 Å². The Kier molecular flexibility index (Phi) is 5.72. The van der Waals surface area contributed by atoms with Crippen molar-refractivity contribution in [1.29, 1.82) is 0 Å². The lowest BCUT2D eigenvalue weighted by atomic mass is 10.2. The summed E-state index contributed by atoms with van der Waals surface area (Å²) in [5.41, 5.74) is 7.85. The van der Waals surface area contributed by atoms with Gasteiger partial charge in [-0.3, -0.25) is 0 Å². The third-order valence-corrected chi connectivity index (χ3v) is 5.36. The van der Waals surface area contributed by atoms with Crippen molar-refractivity contribution in [3.63, 3.8) is 0 Å². The number of rotatable bonds is 1. The van der Waals surface area contributed by atoms with Crippen LogP contribution in [0.4, 0.5) is 5.69 Å². The number of nitrogens with two attached hydrogens (primary N) is 1. The first-order chi connectivity index (χ1) is 12.7. The molecule has 27 heavy (non-hydrogen) atoms. The lowest BCUT2D eigenvalue weighted by molar-refractivity contribution is 0.609. The van der Waals surface area contributed by atoms with Gasteiger partial charge in [-0.2, -0.15) is 0 Å². The second kappa shape index (κ2) is 7.86. The van der Waals surface area contributed by atoms with E-state index in [1.165, 1.54) is 12.1 Å². The molecule has 5 nitrogen and oxygen atoms in total. The lowest BCUT2D eigenvalue weighted by Crippen LogP contribution is -1.90. The highest BCUT2D eigenvalue weighted by Crippen LogP contribution is 2.22. The molecule has 0 bridgehead atoms. The molecule has 0 aliphatic heterocycles. The number of nitrogen functional groups attached to an aromatic ring is 1. The summed E-state index contributed by atoms with van der Waals surface area (Å²) in [6.45, 7) is 0. The Morgan fingerprint density at radius 2 is 1.26 bits per heavy atom. The maximum atomic E-state index is 11.1. The normalized spacial score (nSPS) is 11.2. The van der Waals surface area contributed by atoms with Crippen molar-refractivity contribution in [3.05, 3.63) is 71.0 Å². The summed E-state index contributed by atoms with van der Waals surface area (Å²) >= 11 is 11.4. The minimum atomic E-state index is -3.69. The van der Waals surface area contributed by atoms with E-state index in [1.807, 2.05) is 24.3 Å². The van der Waals surface area contributed by atoms with Gasteiger partial charge in [-0.25, -0.2) is 18.4 Å². The molecule has 2 N–H and O–H groups in total. The summed E-state index contributed by atoms with van der Waals surface area (Å²) in [6, 6.07) is 16.9. The highest BCUT2D eigenvalue weighted by atomic mass is 35.7. The Labute approximate surface area is 170 Å². The summed E-state index contributed by atoms with van der Waals surface area (Å²) in [6.07, 6.45) is 0. The average Bonchev–Trinajstić information content (AvgIpc) is 2.61. The molecule has 0 aliphatic carbocycles. The minimum Gasteiger partial charge on any atom is -0.399 e. The molecule has 2 aromatic carbocycles. The van der Waals surface area contributed by atoms with E-state index in [-0.39, 0.29) is 4.90 Å². The first-order valence-electron chi connectivity index (χ1n) is 7.55. The lowest BCUT2D eigenvalue weighted by Gasteiger charge is -2.00. The van der Waals surface area contributed by atoms with E-state index in [9.17, 15) is 8.42 Å². The van der Waals surface area contributed by atoms with Crippen LogP contribution >= 0.6 is 33.9 Å². The molecule has 2 heterocycles. The molecule has 0 amide bonds. The van der Waals surface area contributed by atoms with Crippen molar-refractivity contribution in [2.45, 2.75) is 4.90 Å². The van der Waals surface area contributed by atoms with Gasteiger partial charge in [-0.1, -0.05) is 23.2 Å². The highest BCUT2D eigenvalue weighted by molar-refractivity contribution is 8.13. The topological polar surface area (TPSA) is 85.9 Å². The number of hydrogen-bond donors (Lipinski definition) is 1. The van der Waals surface area contributed by atoms with Gasteiger partial charge in [0, 0.05) is 27.1 Å². The predicted molar refractivity (Wildman–Crippen MR) is 111 cm³/mol. The number of benzene rings is 2. The zero-order valence-corrected chi connectivity index (χ0v) is 16.7. The SMILES string of the molecule is Nc1ccc2nc(Cl)ccc2c1.O=S(=O)(Cl)c1ccc2nc(Cl)ccc2c1. The quantitative estimate of drug-likeness (QED) is 0.247. The number of halogens is 3. The van der Waals surface area contributed by atoms with E-state index in [1.54, 1.807) is 24.3 Å². The molecule has 0 spiro atoms. The number of aromatic nitrogens is 2. The van der Waals surface area contributed by atoms with Gasteiger partial charge >= 0.3 is 0 Å². The fourth-order valence-electron chi connectivity index (χ4n) is 2.35. The van der Waals surface area contributed by atoms with Crippen LogP contribution in [0.25, 0.3) is 21.8 Å². The fourth-order valence-corrected chi connectivity index (χ4v) is 3.44. The molecule has 0 fully saturated rings. The monoisotopic (exact) mass is 439 g/mol. The van der Waals surface area contributed by atoms with Crippen LogP contribution in [0.1, 0.15) is 0 Å². The van der Waals surface area contributed by atoms with Crippen LogP contribution in [0, 0.1) is 0 Å². The van der Waals surface area contributed by atoms with E-state index in [0.717, 1.165) is 16.6 Å². The third-order valence-electron chi connectivity index (χ3n) is 3.59. The van der Waals surface area contributed by atoms with E-state index in [0.29, 0.717) is 21.2 Å². The number of nitrogens with zero attached hydrogens (tertiary/aromatic N) is 2.